The van der Waals surface area contributed by atoms with Crippen LogP contribution < -0.4 is 20.0 Å². The highest BCUT2D eigenvalue weighted by atomic mass is 16.2. The first-order chi connectivity index (χ1) is 68.6. The summed E-state index contributed by atoms with van der Waals surface area (Å²) in [6, 6.07) is 84.2. The lowest BCUT2D eigenvalue weighted by molar-refractivity contribution is -0.119. The molecule has 140 heavy (non-hydrogen) atoms. The van der Waals surface area contributed by atoms with Crippen molar-refractivity contribution in [2.45, 2.75) is 296 Å². The second-order valence-electron chi connectivity index (χ2n) is 43.2. The monoisotopic (exact) mass is 1870 g/mol. The first kappa shape index (κ1) is 94.6. The van der Waals surface area contributed by atoms with E-state index in [2.05, 4.69) is 292 Å². The van der Waals surface area contributed by atoms with E-state index < -0.39 is 6.03 Å². The molecule has 5 amide bonds. The molecule has 0 saturated carbocycles. The number of piperidine rings is 7. The molecular formula is C122H140N14O4. The highest BCUT2D eigenvalue weighted by molar-refractivity contribution is 6.03. The number of carbonyl (C=O) groups excluding carboxylic acids is 4. The van der Waals surface area contributed by atoms with Crippen LogP contribution in [0.4, 0.5) is 21.9 Å². The summed E-state index contributed by atoms with van der Waals surface area (Å²) in [7, 11) is 6.81. The van der Waals surface area contributed by atoms with Crippen molar-refractivity contribution in [2.24, 2.45) is 11.8 Å². The molecule has 18 heteroatoms. The molecule has 18 nitrogen and oxygen atoms in total. The van der Waals surface area contributed by atoms with Crippen LogP contribution in [0.5, 0.6) is 0 Å². The van der Waals surface area contributed by atoms with Gasteiger partial charge in [0.25, 0.3) is 0 Å². The smallest absolute Gasteiger partial charge is 0.329 e. The quantitative estimate of drug-likeness (QED) is 0.0913. The third-order valence-electron chi connectivity index (χ3n) is 34.4. The molecule has 17 aliphatic rings. The Bertz CT molecular complexity index is 6080. The van der Waals surface area contributed by atoms with Crippen molar-refractivity contribution < 1.29 is 19.2 Å². The van der Waals surface area contributed by atoms with Gasteiger partial charge in [0, 0.05) is 165 Å². The number of aromatic nitrogens is 3. The number of para-hydroxylation sites is 4. The third-order valence-corrected chi connectivity index (χ3v) is 34.4. The summed E-state index contributed by atoms with van der Waals surface area (Å²) in [4.78, 5) is 86.1. The van der Waals surface area contributed by atoms with Gasteiger partial charge in [0.2, 0.25) is 17.7 Å². The number of hydrogen-bond acceptors (Lipinski definition) is 13. The standard InChI is InChI=1S/C23H22N2.C19H20N2.C17H22N2O.2C16H20N2O.C16H21N.C15H15N3O/c1-2-6-17(7-3-1)15-25-16-18-10-20(13-22(25)11-18)21-12-19-8-4-5-9-23(19)24-14-21;1-2-5-15(6-3-1)13-21-14-16-9-18(11-19(21)10-16)17-7-4-8-20-12-17;1-18-13-6-4-7-14(18)11-15(10-13)19-16-8-3-2-5-12(16)9-17(19)20;1-17-12-6-7-13(17)10-14(9-12)18-15-5-3-2-4-11(15)8-16(18)19;19-16-8-11-4-1-2-7-15(11)18(16)14-9-12-5-3-6-13(10-14)17-12;1-17-15-8-5-9-16(17)12-14(11-15)10-13-6-3-2-4-7-13;1-16-15(19)18-13-5-2-6-14(18)9-12(8-13)11-4-3-7-17-10-11/h1-9,12-14,18,22H,10-11,15-16H2;1-9,12,16,19H,10-11,13-14H2;2-3,5,8,13-15H,4,6-7,9-11H2,1H3;2-5,12-14H,6-10H2,1H3;1-2,4,7,12-14,17H,3,5-6,8-10H2;2-4,6-7,11,15-16H,5,8-10,12H2,1H3;3-4,7-8,10,13-14H,2,5-6,9H2. The van der Waals surface area contributed by atoms with Crippen molar-refractivity contribution in [3.8, 4) is 0 Å². The van der Waals surface area contributed by atoms with Crippen LogP contribution in [0.15, 0.2) is 279 Å². The number of nitrogens with zero attached hydrogens (tertiary/aromatic N) is 13. The molecule has 3 aromatic heterocycles. The summed E-state index contributed by atoms with van der Waals surface area (Å²) >= 11 is 0. The minimum Gasteiger partial charge on any atom is -0.329 e. The van der Waals surface area contributed by atoms with Crippen LogP contribution in [0.2, 0.25) is 0 Å². The van der Waals surface area contributed by atoms with E-state index in [0.717, 1.165) is 119 Å². The number of urea groups is 1. The fourth-order valence-corrected chi connectivity index (χ4v) is 27.5. The molecule has 14 unspecified atom stereocenters. The number of carbonyl (C=O) groups is 4. The van der Waals surface area contributed by atoms with Crippen LogP contribution in [0.1, 0.15) is 217 Å². The van der Waals surface area contributed by atoms with Gasteiger partial charge in [0.1, 0.15) is 6.04 Å². The number of hydrogen-bond donors (Lipinski definition) is 1. The molecule has 10 fully saturated rings. The maximum Gasteiger partial charge on any atom is 0.438 e. The lowest BCUT2D eigenvalue weighted by Gasteiger charge is -2.49. The van der Waals surface area contributed by atoms with Gasteiger partial charge in [-0.25, -0.2) is 0 Å². The van der Waals surface area contributed by atoms with Gasteiger partial charge in [0.15, 0.2) is 0 Å². The van der Waals surface area contributed by atoms with Crippen molar-refractivity contribution >= 4 is 68.4 Å². The second kappa shape index (κ2) is 43.4. The number of benzene rings is 7. The number of amides is 5. The van der Waals surface area contributed by atoms with Gasteiger partial charge in [-0.1, -0.05) is 226 Å². The first-order valence-corrected chi connectivity index (χ1v) is 53.0. The zero-order valence-corrected chi connectivity index (χ0v) is 82.3. The summed E-state index contributed by atoms with van der Waals surface area (Å²) < 4.78 is 0. The van der Waals surface area contributed by atoms with Crippen molar-refractivity contribution in [3.05, 3.63) is 341 Å². The molecule has 15 aliphatic heterocycles. The summed E-state index contributed by atoms with van der Waals surface area (Å²) in [5.41, 5.74) is 22.1. The molecule has 2 aliphatic carbocycles. The minimum absolute atomic E-state index is 0.0873. The van der Waals surface area contributed by atoms with E-state index in [0.29, 0.717) is 115 Å². The van der Waals surface area contributed by atoms with E-state index in [-0.39, 0.29) is 12.1 Å². The molecule has 7 aromatic carbocycles. The number of fused-ring (bicyclic) bond motifs is 18. The Morgan fingerprint density at radius 2 is 0.857 bits per heavy atom. The van der Waals surface area contributed by atoms with E-state index in [4.69, 9.17) is 6.57 Å². The van der Waals surface area contributed by atoms with Crippen LogP contribution in [0.3, 0.4) is 0 Å². The topological polar surface area (TPSA) is 152 Å². The van der Waals surface area contributed by atoms with Gasteiger partial charge >= 0.3 is 6.03 Å². The lowest BCUT2D eigenvalue weighted by Crippen LogP contribution is -2.56. The molecule has 18 heterocycles. The second-order valence-corrected chi connectivity index (χ2v) is 43.2. The number of likely N-dealkylation sites (N-methyl/N-ethyl adjacent to an activating group) is 1. The van der Waals surface area contributed by atoms with E-state index in [1.54, 1.807) is 16.7 Å². The molecular weight excluding hydrogens is 1730 g/mol. The van der Waals surface area contributed by atoms with Crippen LogP contribution in [0.25, 0.3) is 32.5 Å². The molecule has 0 spiro atoms. The zero-order chi connectivity index (χ0) is 95.1. The molecule has 0 radical (unpaired) electrons. The van der Waals surface area contributed by atoms with Crippen molar-refractivity contribution in [2.75, 3.05) is 48.9 Å². The van der Waals surface area contributed by atoms with Gasteiger partial charge in [0.05, 0.1) is 30.8 Å². The number of allylic oxidation sites excluding steroid dienone is 1. The van der Waals surface area contributed by atoms with E-state index in [9.17, 15) is 19.2 Å². The summed E-state index contributed by atoms with van der Waals surface area (Å²) in [6.07, 6.45) is 53.8. The number of anilines is 3. The zero-order valence-electron chi connectivity index (χ0n) is 82.3. The van der Waals surface area contributed by atoms with E-state index in [1.807, 2.05) is 61.1 Å². The Hall–Kier alpha value is -11.7. The average Bonchev–Trinajstić information content (AvgIpc) is 1.09. The van der Waals surface area contributed by atoms with Gasteiger partial charge in [-0.15, -0.1) is 0 Å². The summed E-state index contributed by atoms with van der Waals surface area (Å²) in [5, 5.41) is 4.94. The molecule has 722 valence electrons. The number of rotatable bonds is 12. The predicted molar refractivity (Wildman–Crippen MR) is 563 cm³/mol. The first-order valence-electron chi connectivity index (χ1n) is 53.0. The van der Waals surface area contributed by atoms with E-state index in [1.165, 1.54) is 187 Å². The van der Waals surface area contributed by atoms with Crippen LogP contribution in [-0.4, -0.2) is 193 Å². The third kappa shape index (κ3) is 21.4. The minimum atomic E-state index is -0.406. The fourth-order valence-electron chi connectivity index (χ4n) is 27.5. The van der Waals surface area contributed by atoms with Crippen LogP contribution in [0, 0.1) is 18.4 Å². The molecule has 10 saturated heterocycles. The van der Waals surface area contributed by atoms with Crippen molar-refractivity contribution in [3.63, 3.8) is 0 Å². The SMILES string of the molecule is C1=C(c2cccnc2)CC2CC1CN2Cc1ccccc1.C1=C(c2cnc3ccccc3c2)CC2CC1N(Cc1ccccc1)C2.CN1C2C=C(Cc3ccccc3)CC1CCC2.CN1C2CCC1CC(N1C(=O)Cc3ccccc31)C2.CN1C2CCCC1CC(N1C(=O)Cc3ccccc31)C2.O=C1Cc2ccccc2N1C1CC2CCCC(C1)N2.[C-]#[N+]C(=O)N1C2C=C(c3cccnc3)CC1CCC2. The van der Waals surface area contributed by atoms with Crippen LogP contribution in [-0.2, 0) is 53.2 Å². The largest absolute Gasteiger partial charge is 0.438 e. The Labute approximate surface area is 829 Å². The summed E-state index contributed by atoms with van der Waals surface area (Å²) in [6.45, 7) is 11.5. The van der Waals surface area contributed by atoms with Crippen molar-refractivity contribution in [1.82, 2.24) is 49.7 Å². The Morgan fingerprint density at radius 1 is 0.386 bits per heavy atom. The van der Waals surface area contributed by atoms with Gasteiger partial charge < -0.3 is 34.7 Å². The number of likely N-dealkylation sites (tertiary alicyclic amines) is 2. The van der Waals surface area contributed by atoms with Crippen LogP contribution >= 0.6 is 0 Å². The Balaban J connectivity index is 0.0000000972. The fraction of sp³-hybridized carbons (Fsp3) is 0.443. The van der Waals surface area contributed by atoms with Gasteiger partial charge in [-0.2, -0.15) is 0 Å². The van der Waals surface area contributed by atoms with Gasteiger partial charge in [-0.05, 0) is 296 Å². The maximum atomic E-state index is 12.4. The number of nitrogens with one attached hydrogen (secondary N) is 1. The lowest BCUT2D eigenvalue weighted by atomic mass is 9.81. The molecule has 14 atom stereocenters. The van der Waals surface area contributed by atoms with Gasteiger partial charge in [-0.3, -0.25) is 53.7 Å². The highest BCUT2D eigenvalue weighted by Gasteiger charge is 2.48. The summed E-state index contributed by atoms with van der Waals surface area (Å²) in [5.74, 6) is 2.39. The maximum absolute atomic E-state index is 12.4. The number of pyridine rings is 3. The van der Waals surface area contributed by atoms with Crippen molar-refractivity contribution in [1.29, 1.82) is 0 Å². The normalized spacial score (nSPS) is 28.7. The average molecular weight is 1870 g/mol. The Morgan fingerprint density at radius 3 is 1.41 bits per heavy atom. The molecule has 10 aromatic rings. The molecule has 27 rings (SSSR count). The molecule has 1 N–H and O–H groups in total. The van der Waals surface area contributed by atoms with E-state index >= 15 is 0 Å². The Kier molecular flexibility index (Phi) is 29.3. The molecule has 14 bridgehead atoms. The highest BCUT2D eigenvalue weighted by Crippen LogP contribution is 2.47. The predicted octanol–water partition coefficient (Wildman–Crippen LogP) is 22.3.